The van der Waals surface area contributed by atoms with E-state index in [1.54, 1.807) is 20.8 Å². The van der Waals surface area contributed by atoms with E-state index in [-0.39, 0.29) is 36.4 Å². The fourth-order valence-corrected chi connectivity index (χ4v) is 5.84. The van der Waals surface area contributed by atoms with Gasteiger partial charge in [-0.05, 0) is 49.8 Å². The van der Waals surface area contributed by atoms with Crippen molar-refractivity contribution in [3.63, 3.8) is 0 Å². The molecule has 10 nitrogen and oxygen atoms in total. The quantitative estimate of drug-likeness (QED) is 0.176. The number of hydrogen-bond acceptors (Lipinski definition) is 9. The number of hydrogen-bond donors (Lipinski definition) is 2. The van der Waals surface area contributed by atoms with Gasteiger partial charge in [-0.3, -0.25) is 9.59 Å². The summed E-state index contributed by atoms with van der Waals surface area (Å²) in [6.45, 7) is 10.9. The molecule has 0 aliphatic carbocycles. The molecule has 210 valence electrons. The normalized spacial score (nSPS) is 35.1. The first-order chi connectivity index (χ1) is 17.8. The smallest absolute Gasteiger partial charge is 0.309 e. The molecule has 0 aromatic carbocycles. The molecule has 2 aliphatic rings. The van der Waals surface area contributed by atoms with Gasteiger partial charge in [0.05, 0.1) is 53.0 Å². The second-order valence-electron chi connectivity index (χ2n) is 11.5. The molecule has 0 radical (unpaired) electrons. The number of esters is 1. The van der Waals surface area contributed by atoms with Crippen LogP contribution in [-0.2, 0) is 25.6 Å². The number of fused-ring (bicyclic) bond motifs is 1. The van der Waals surface area contributed by atoms with Crippen LogP contribution in [0.4, 0.5) is 0 Å². The van der Waals surface area contributed by atoms with Gasteiger partial charge in [0.2, 0.25) is 0 Å². The predicted octanol–water partition coefficient (Wildman–Crippen LogP) is 4.98. The highest BCUT2D eigenvalue weighted by atomic mass is 32.1. The molecular formula is C27H40N4O6S. The molecule has 2 aliphatic heterocycles. The van der Waals surface area contributed by atoms with E-state index >= 15 is 0 Å². The monoisotopic (exact) mass is 548 g/mol. The van der Waals surface area contributed by atoms with Crippen LogP contribution in [-0.4, -0.2) is 57.0 Å². The maximum atomic E-state index is 13.3. The Hall–Kier alpha value is -2.30. The largest absolute Gasteiger partial charge is 0.458 e. The summed E-state index contributed by atoms with van der Waals surface area (Å²) < 4.78 is 11.9. The van der Waals surface area contributed by atoms with Crippen LogP contribution < -0.4 is 0 Å². The lowest BCUT2D eigenvalue weighted by Crippen LogP contribution is -2.45. The van der Waals surface area contributed by atoms with E-state index in [9.17, 15) is 19.8 Å². The minimum absolute atomic E-state index is 0.0969. The van der Waals surface area contributed by atoms with Crippen molar-refractivity contribution in [2.45, 2.75) is 110 Å². The fourth-order valence-electron chi connectivity index (χ4n) is 5.18. The number of rotatable bonds is 4. The van der Waals surface area contributed by atoms with Crippen molar-refractivity contribution in [1.82, 2.24) is 4.98 Å². The fraction of sp³-hybridized carbons (Fsp3) is 0.741. The van der Waals surface area contributed by atoms with Crippen molar-refractivity contribution in [2.24, 2.45) is 22.4 Å². The lowest BCUT2D eigenvalue weighted by molar-refractivity contribution is -0.154. The molecule has 0 saturated carbocycles. The third-order valence-corrected chi connectivity index (χ3v) is 8.98. The van der Waals surface area contributed by atoms with Crippen molar-refractivity contribution in [3.05, 3.63) is 32.1 Å². The lowest BCUT2D eigenvalue weighted by Gasteiger charge is -2.34. The Kier molecular flexibility index (Phi) is 9.76. The first kappa shape index (κ1) is 30.2. The first-order valence-corrected chi connectivity index (χ1v) is 14.1. The molecular weight excluding hydrogens is 508 g/mol. The molecule has 11 heteroatoms. The van der Waals surface area contributed by atoms with Crippen LogP contribution in [0, 0.1) is 17.3 Å². The molecule has 2 N–H and O–H groups in total. The molecule has 3 rings (SSSR count). The van der Waals surface area contributed by atoms with Crippen LogP contribution in [0.5, 0.6) is 0 Å². The van der Waals surface area contributed by atoms with Crippen LogP contribution in [0.3, 0.4) is 0 Å². The summed E-state index contributed by atoms with van der Waals surface area (Å²) in [5, 5.41) is 27.8. The van der Waals surface area contributed by atoms with Crippen LogP contribution in [0.1, 0.15) is 84.3 Å². The molecule has 2 saturated heterocycles. The van der Waals surface area contributed by atoms with Crippen LogP contribution in [0.2, 0.25) is 0 Å². The number of nitrogens with zero attached hydrogens (tertiary/aromatic N) is 4. The summed E-state index contributed by atoms with van der Waals surface area (Å²) in [7, 11) is 0. The highest BCUT2D eigenvalue weighted by molar-refractivity contribution is 7.09. The number of aliphatic hydroxyl groups is 2. The van der Waals surface area contributed by atoms with Crippen molar-refractivity contribution in [1.29, 1.82) is 0 Å². The van der Waals surface area contributed by atoms with Gasteiger partial charge in [-0.25, -0.2) is 4.98 Å². The van der Waals surface area contributed by atoms with E-state index in [4.69, 9.17) is 15.0 Å². The van der Waals surface area contributed by atoms with Crippen LogP contribution >= 0.6 is 11.3 Å². The molecule has 1 aromatic heterocycles. The third kappa shape index (κ3) is 7.21. The van der Waals surface area contributed by atoms with Crippen LogP contribution in [0.15, 0.2) is 16.1 Å². The van der Waals surface area contributed by atoms with Gasteiger partial charge in [0.25, 0.3) is 0 Å². The summed E-state index contributed by atoms with van der Waals surface area (Å²) in [5.41, 5.74) is 8.39. The molecule has 0 bridgehead atoms. The van der Waals surface area contributed by atoms with E-state index in [0.29, 0.717) is 17.1 Å². The van der Waals surface area contributed by atoms with Crippen molar-refractivity contribution in [2.75, 3.05) is 0 Å². The number of Topliss-reactive ketones (excluding diaryl/α,β-unsaturated/α-hetero) is 1. The van der Waals surface area contributed by atoms with Gasteiger partial charge in [-0.15, -0.1) is 11.3 Å². The highest BCUT2D eigenvalue weighted by Gasteiger charge is 2.53. The standard InChI is InChI=1S/C27H40N4O6S/c1-15-8-7-9-27(6)21(37-27)11-19(16(2)10-18-14-38-22(30-18)13-29-31-28)36-23(33)12-20(32)26(4,5)25(35)17(3)24(15)34/h10,14-15,17,19-21,24,32,34H,7-9,11-13H2,1-6H3/b16-10+/t15-,17+,19-,20?,21?,24?,27?/m0/s1. The van der Waals surface area contributed by atoms with E-state index in [0.717, 1.165) is 24.8 Å². The number of aromatic nitrogens is 1. The zero-order valence-electron chi connectivity index (χ0n) is 23.1. The summed E-state index contributed by atoms with van der Waals surface area (Å²) in [5.74, 6) is -1.68. The number of carbonyl (C=O) groups excluding carboxylic acids is 2. The Morgan fingerprint density at radius 2 is 2.03 bits per heavy atom. The number of carbonyl (C=O) groups is 2. The van der Waals surface area contributed by atoms with Gasteiger partial charge in [0.1, 0.15) is 11.9 Å². The summed E-state index contributed by atoms with van der Waals surface area (Å²) in [6.07, 6.45) is 1.48. The first-order valence-electron chi connectivity index (χ1n) is 13.2. The second-order valence-corrected chi connectivity index (χ2v) is 12.5. The predicted molar refractivity (Wildman–Crippen MR) is 144 cm³/mol. The van der Waals surface area contributed by atoms with Gasteiger partial charge >= 0.3 is 5.97 Å². The molecule has 38 heavy (non-hydrogen) atoms. The van der Waals surface area contributed by atoms with E-state index in [2.05, 4.69) is 15.0 Å². The Labute approximate surface area is 228 Å². The average molecular weight is 549 g/mol. The minimum Gasteiger partial charge on any atom is -0.458 e. The number of thiazole rings is 1. The topological polar surface area (TPSA) is 158 Å². The van der Waals surface area contributed by atoms with Gasteiger partial charge < -0.3 is 19.7 Å². The van der Waals surface area contributed by atoms with Gasteiger partial charge in [0.15, 0.2) is 0 Å². The van der Waals surface area contributed by atoms with E-state index < -0.39 is 35.6 Å². The molecule has 0 spiro atoms. The number of ether oxygens (including phenoxy) is 2. The Balaban J connectivity index is 1.85. The Bertz CT molecular complexity index is 1100. The summed E-state index contributed by atoms with van der Waals surface area (Å²) in [6, 6.07) is 0. The second kappa shape index (κ2) is 12.3. The molecule has 3 heterocycles. The molecule has 7 atom stereocenters. The highest BCUT2D eigenvalue weighted by Crippen LogP contribution is 2.45. The number of epoxide rings is 1. The molecule has 4 unspecified atom stereocenters. The summed E-state index contributed by atoms with van der Waals surface area (Å²) >= 11 is 1.38. The maximum Gasteiger partial charge on any atom is 0.309 e. The number of cyclic esters (lactones) is 1. The van der Waals surface area contributed by atoms with Crippen molar-refractivity contribution >= 4 is 29.2 Å². The molecule has 1 aromatic rings. The SMILES string of the molecule is C/C(=C\c1csc(CN=[N+]=[N-])n1)[C@@H]1CC2OC2(C)CCC[C@H](C)C(O)[C@@H](C)C(=O)C(C)(C)C(O)CC(=O)O1. The van der Waals surface area contributed by atoms with Crippen molar-refractivity contribution < 1.29 is 29.3 Å². The Morgan fingerprint density at radius 3 is 2.71 bits per heavy atom. The van der Waals surface area contributed by atoms with Gasteiger partial charge in [0, 0.05) is 22.6 Å². The number of aliphatic hydroxyl groups excluding tert-OH is 2. The van der Waals surface area contributed by atoms with E-state index in [1.165, 1.54) is 11.3 Å². The summed E-state index contributed by atoms with van der Waals surface area (Å²) in [4.78, 5) is 33.5. The van der Waals surface area contributed by atoms with Crippen molar-refractivity contribution in [3.8, 4) is 0 Å². The Morgan fingerprint density at radius 1 is 1.32 bits per heavy atom. The molecule has 0 amide bonds. The lowest BCUT2D eigenvalue weighted by atomic mass is 9.73. The zero-order chi connectivity index (χ0) is 28.3. The van der Waals surface area contributed by atoms with Gasteiger partial charge in [-0.2, -0.15) is 0 Å². The third-order valence-electron chi connectivity index (χ3n) is 8.13. The van der Waals surface area contributed by atoms with E-state index in [1.807, 2.05) is 32.2 Å². The molecule has 2 fully saturated rings. The number of azide groups is 1. The zero-order valence-corrected chi connectivity index (χ0v) is 23.9. The maximum absolute atomic E-state index is 13.3. The van der Waals surface area contributed by atoms with Gasteiger partial charge in [-0.1, -0.05) is 39.2 Å². The van der Waals surface area contributed by atoms with Crippen LogP contribution in [0.25, 0.3) is 16.5 Å². The minimum atomic E-state index is -1.27. The number of ketones is 1. The average Bonchev–Trinajstić information content (AvgIpc) is 3.27.